The zero-order valence-electron chi connectivity index (χ0n) is 12.6. The van der Waals surface area contributed by atoms with Crippen molar-refractivity contribution in [1.82, 2.24) is 4.90 Å². The van der Waals surface area contributed by atoms with Gasteiger partial charge in [0.25, 0.3) is 0 Å². The van der Waals surface area contributed by atoms with E-state index in [2.05, 4.69) is 19.1 Å². The van der Waals surface area contributed by atoms with Gasteiger partial charge >= 0.3 is 0 Å². The summed E-state index contributed by atoms with van der Waals surface area (Å²) in [6.45, 7) is 8.16. The summed E-state index contributed by atoms with van der Waals surface area (Å²) < 4.78 is 5.39. The molecule has 20 heavy (non-hydrogen) atoms. The molecule has 110 valence electrons. The van der Waals surface area contributed by atoms with E-state index in [9.17, 15) is 4.79 Å². The summed E-state index contributed by atoms with van der Waals surface area (Å²) in [6, 6.07) is 7.94. The molecule has 2 N–H and O–H groups in total. The Balaban J connectivity index is 2.16. The first kappa shape index (κ1) is 15.0. The Morgan fingerprint density at radius 2 is 2.20 bits per heavy atom. The summed E-state index contributed by atoms with van der Waals surface area (Å²) in [5.74, 6) is 0.0910. The summed E-state index contributed by atoms with van der Waals surface area (Å²) in [4.78, 5) is 14.7. The zero-order chi connectivity index (χ0) is 14.8. The van der Waals surface area contributed by atoms with E-state index in [1.807, 2.05) is 30.9 Å². The van der Waals surface area contributed by atoms with E-state index in [0.29, 0.717) is 26.3 Å². The average Bonchev–Trinajstić information content (AvgIpc) is 2.78. The molecule has 2 unspecified atom stereocenters. The predicted molar refractivity (Wildman–Crippen MR) is 79.2 cm³/mol. The maximum Gasteiger partial charge on any atom is 0.232 e. The lowest BCUT2D eigenvalue weighted by atomic mass is 9.84. The molecular weight excluding hydrogens is 252 g/mol. The average molecular weight is 276 g/mol. The molecule has 1 amide bonds. The van der Waals surface area contributed by atoms with E-state index in [0.717, 1.165) is 0 Å². The van der Waals surface area contributed by atoms with Gasteiger partial charge in [-0.05, 0) is 31.9 Å². The number of carbonyl (C=O) groups is 1. The molecule has 1 fully saturated rings. The second kappa shape index (κ2) is 5.94. The summed E-state index contributed by atoms with van der Waals surface area (Å²) in [6.07, 6.45) is 0. The molecule has 0 aromatic heterocycles. The Labute approximate surface area is 120 Å². The van der Waals surface area contributed by atoms with Crippen LogP contribution in [-0.4, -0.2) is 36.6 Å². The maximum atomic E-state index is 12.8. The highest BCUT2D eigenvalue weighted by molar-refractivity contribution is 5.83. The predicted octanol–water partition coefficient (Wildman–Crippen LogP) is 1.71. The Hall–Kier alpha value is -1.39. The van der Waals surface area contributed by atoms with E-state index < -0.39 is 5.41 Å². The zero-order valence-corrected chi connectivity index (χ0v) is 12.6. The molecule has 0 aliphatic carbocycles. The molecule has 1 aromatic carbocycles. The van der Waals surface area contributed by atoms with E-state index >= 15 is 0 Å². The van der Waals surface area contributed by atoms with Crippen LogP contribution in [0.25, 0.3) is 0 Å². The van der Waals surface area contributed by atoms with Crippen LogP contribution in [0.1, 0.15) is 25.0 Å². The fourth-order valence-corrected chi connectivity index (χ4v) is 2.59. The van der Waals surface area contributed by atoms with Crippen LogP contribution in [0, 0.1) is 12.3 Å². The van der Waals surface area contributed by atoms with Gasteiger partial charge in [0.2, 0.25) is 5.91 Å². The topological polar surface area (TPSA) is 55.6 Å². The van der Waals surface area contributed by atoms with Crippen molar-refractivity contribution in [2.45, 2.75) is 33.4 Å². The summed E-state index contributed by atoms with van der Waals surface area (Å²) >= 11 is 0. The normalized spacial score (nSPS) is 25.7. The van der Waals surface area contributed by atoms with Gasteiger partial charge in [-0.25, -0.2) is 0 Å². The number of benzene rings is 1. The second-order valence-corrected chi connectivity index (χ2v) is 5.78. The number of nitrogens with zero attached hydrogens (tertiary/aromatic N) is 1. The lowest BCUT2D eigenvalue weighted by Crippen LogP contribution is -2.51. The van der Waals surface area contributed by atoms with Crippen LogP contribution >= 0.6 is 0 Å². The second-order valence-electron chi connectivity index (χ2n) is 5.78. The number of hydrogen-bond acceptors (Lipinski definition) is 3. The van der Waals surface area contributed by atoms with Gasteiger partial charge in [0.1, 0.15) is 0 Å². The first-order chi connectivity index (χ1) is 9.49. The third-order valence-electron chi connectivity index (χ3n) is 4.30. The number of ether oxygens (including phenoxy) is 1. The molecular formula is C16H24N2O2. The molecule has 1 aromatic rings. The van der Waals surface area contributed by atoms with Crippen LogP contribution in [-0.2, 0) is 16.1 Å². The summed E-state index contributed by atoms with van der Waals surface area (Å²) in [5.41, 5.74) is 7.84. The molecule has 0 spiro atoms. The lowest BCUT2D eigenvalue weighted by molar-refractivity contribution is -0.142. The minimum Gasteiger partial charge on any atom is -0.379 e. The molecule has 0 radical (unpaired) electrons. The molecule has 2 rings (SSSR count). The van der Waals surface area contributed by atoms with Crippen molar-refractivity contribution in [3.63, 3.8) is 0 Å². The van der Waals surface area contributed by atoms with Gasteiger partial charge in [0.05, 0.1) is 18.6 Å². The lowest BCUT2D eigenvalue weighted by Gasteiger charge is -2.33. The quantitative estimate of drug-likeness (QED) is 0.911. The van der Waals surface area contributed by atoms with Gasteiger partial charge in [0.15, 0.2) is 0 Å². The van der Waals surface area contributed by atoms with Crippen LogP contribution in [0.5, 0.6) is 0 Å². The maximum absolute atomic E-state index is 12.8. The molecule has 0 bridgehead atoms. The van der Waals surface area contributed by atoms with Crippen molar-refractivity contribution in [2.24, 2.45) is 11.1 Å². The van der Waals surface area contributed by atoms with Crippen molar-refractivity contribution in [3.8, 4) is 0 Å². The van der Waals surface area contributed by atoms with Crippen LogP contribution in [0.15, 0.2) is 24.3 Å². The molecule has 4 nitrogen and oxygen atoms in total. The third-order valence-corrected chi connectivity index (χ3v) is 4.30. The molecule has 0 saturated carbocycles. The molecule has 2 atom stereocenters. The van der Waals surface area contributed by atoms with Gasteiger partial charge in [-0.15, -0.1) is 0 Å². The van der Waals surface area contributed by atoms with Crippen LogP contribution < -0.4 is 5.73 Å². The number of hydrogen-bond donors (Lipinski definition) is 1. The smallest absolute Gasteiger partial charge is 0.232 e. The third kappa shape index (κ3) is 2.72. The van der Waals surface area contributed by atoms with Crippen molar-refractivity contribution in [2.75, 3.05) is 19.8 Å². The standard InChI is InChI=1S/C16H24N2O2/c1-4-18(9-13-8-6-5-7-12(13)2)15(19)16(3)11-20-10-14(16)17/h5-8,14H,4,9-11,17H2,1-3H3. The van der Waals surface area contributed by atoms with Gasteiger partial charge < -0.3 is 15.4 Å². The summed E-state index contributed by atoms with van der Waals surface area (Å²) in [7, 11) is 0. The number of amides is 1. The van der Waals surface area contributed by atoms with Crippen LogP contribution in [0.4, 0.5) is 0 Å². The van der Waals surface area contributed by atoms with E-state index in [-0.39, 0.29) is 11.9 Å². The van der Waals surface area contributed by atoms with Crippen molar-refractivity contribution < 1.29 is 9.53 Å². The Morgan fingerprint density at radius 3 is 2.75 bits per heavy atom. The minimum atomic E-state index is -0.599. The monoisotopic (exact) mass is 276 g/mol. The minimum absolute atomic E-state index is 0.0910. The van der Waals surface area contributed by atoms with Gasteiger partial charge in [-0.3, -0.25) is 4.79 Å². The number of rotatable bonds is 4. The fourth-order valence-electron chi connectivity index (χ4n) is 2.59. The highest BCUT2D eigenvalue weighted by atomic mass is 16.5. The van der Waals surface area contributed by atoms with Crippen molar-refractivity contribution in [1.29, 1.82) is 0 Å². The highest BCUT2D eigenvalue weighted by Crippen LogP contribution is 2.30. The first-order valence-electron chi connectivity index (χ1n) is 7.16. The van der Waals surface area contributed by atoms with Gasteiger partial charge in [-0.1, -0.05) is 24.3 Å². The Kier molecular flexibility index (Phi) is 4.45. The Bertz CT molecular complexity index is 489. The van der Waals surface area contributed by atoms with Gasteiger partial charge in [-0.2, -0.15) is 0 Å². The summed E-state index contributed by atoms with van der Waals surface area (Å²) in [5, 5.41) is 0. The van der Waals surface area contributed by atoms with Crippen molar-refractivity contribution >= 4 is 5.91 Å². The van der Waals surface area contributed by atoms with Gasteiger partial charge in [0, 0.05) is 19.1 Å². The molecule has 1 aliphatic rings. The molecule has 4 heteroatoms. The number of aryl methyl sites for hydroxylation is 1. The number of nitrogens with two attached hydrogens (primary N) is 1. The first-order valence-corrected chi connectivity index (χ1v) is 7.16. The van der Waals surface area contributed by atoms with Crippen LogP contribution in [0.2, 0.25) is 0 Å². The van der Waals surface area contributed by atoms with E-state index in [1.165, 1.54) is 11.1 Å². The molecule has 1 aliphatic heterocycles. The largest absolute Gasteiger partial charge is 0.379 e. The van der Waals surface area contributed by atoms with E-state index in [4.69, 9.17) is 10.5 Å². The highest BCUT2D eigenvalue weighted by Gasteiger charge is 2.46. The fraction of sp³-hybridized carbons (Fsp3) is 0.562. The number of carbonyl (C=O) groups excluding carboxylic acids is 1. The SMILES string of the molecule is CCN(Cc1ccccc1C)C(=O)C1(C)COCC1N. The van der Waals surface area contributed by atoms with Crippen molar-refractivity contribution in [3.05, 3.63) is 35.4 Å². The Morgan fingerprint density at radius 1 is 1.50 bits per heavy atom. The van der Waals surface area contributed by atoms with Crippen LogP contribution in [0.3, 0.4) is 0 Å². The molecule has 1 heterocycles. The molecule has 1 saturated heterocycles. The van der Waals surface area contributed by atoms with E-state index in [1.54, 1.807) is 0 Å².